The second-order valence-electron chi connectivity index (χ2n) is 7.27. The Balaban J connectivity index is 1.77. The van der Waals surface area contributed by atoms with Crippen molar-refractivity contribution < 1.29 is 30.8 Å². The lowest BCUT2D eigenvalue weighted by Gasteiger charge is -2.12. The van der Waals surface area contributed by atoms with E-state index in [1.54, 1.807) is 25.1 Å². The van der Waals surface area contributed by atoms with Crippen molar-refractivity contribution in [3.05, 3.63) is 58.9 Å². The lowest BCUT2D eigenvalue weighted by Crippen LogP contribution is -2.15. The molecule has 9 nitrogen and oxygen atoms in total. The van der Waals surface area contributed by atoms with Crippen molar-refractivity contribution in [2.75, 3.05) is 18.1 Å². The minimum atomic E-state index is -4.13. The van der Waals surface area contributed by atoms with Crippen LogP contribution in [0.2, 0.25) is 5.02 Å². The zero-order chi connectivity index (χ0) is 24.8. The van der Waals surface area contributed by atoms with Crippen LogP contribution >= 0.6 is 22.9 Å². The summed E-state index contributed by atoms with van der Waals surface area (Å²) in [6.07, 6.45) is 2.03. The molecule has 2 heterocycles. The first kappa shape index (κ1) is 24.2. The van der Waals surface area contributed by atoms with E-state index in [2.05, 4.69) is 14.4 Å². The van der Waals surface area contributed by atoms with Crippen molar-refractivity contribution in [3.63, 3.8) is 0 Å². The van der Waals surface area contributed by atoms with Crippen molar-refractivity contribution >= 4 is 64.5 Å². The number of carbonyl (C=O) groups is 1. The summed E-state index contributed by atoms with van der Waals surface area (Å²) in [5.41, 5.74) is 0.498. The minimum absolute atomic E-state index is 0.0306. The number of methoxy groups -OCH3 is 1. The second-order valence-corrected chi connectivity index (χ2v) is 12.6. The van der Waals surface area contributed by atoms with Crippen LogP contribution in [0.5, 0.6) is 0 Å². The highest BCUT2D eigenvalue weighted by molar-refractivity contribution is 7.95. The number of sulfone groups is 1. The summed E-state index contributed by atoms with van der Waals surface area (Å²) in [6.45, 7) is 1.66. The molecule has 0 atom stereocenters. The molecule has 0 bridgehead atoms. The molecule has 0 amide bonds. The standard InChI is InChI=1S/C21H17ClN2O7S3/c1-11-14-9-13(22)5-7-17(14)32-21(11)34(28,29)24-15-6-4-12(8-18(15)33(3,26)27)19-23-16(10-31-19)20(25)30-2/h4-10,24H,1-3H3. The summed E-state index contributed by atoms with van der Waals surface area (Å²) < 4.78 is 64.4. The lowest BCUT2D eigenvalue weighted by molar-refractivity contribution is 0.0594. The molecule has 0 radical (unpaired) electrons. The van der Waals surface area contributed by atoms with Crippen molar-refractivity contribution in [2.45, 2.75) is 16.0 Å². The van der Waals surface area contributed by atoms with Crippen LogP contribution in [-0.2, 0) is 24.6 Å². The molecule has 178 valence electrons. The van der Waals surface area contributed by atoms with E-state index >= 15 is 0 Å². The smallest absolute Gasteiger partial charge is 0.360 e. The van der Waals surface area contributed by atoms with Gasteiger partial charge < -0.3 is 9.15 Å². The van der Waals surface area contributed by atoms with E-state index in [1.165, 1.54) is 25.3 Å². The molecule has 13 heteroatoms. The third kappa shape index (κ3) is 4.53. The number of rotatable bonds is 6. The Labute approximate surface area is 204 Å². The number of nitrogens with zero attached hydrogens (tertiary/aromatic N) is 1. The van der Waals surface area contributed by atoms with Gasteiger partial charge in [-0.25, -0.2) is 26.6 Å². The first-order chi connectivity index (χ1) is 15.9. The Bertz CT molecular complexity index is 1650. The number of carbonyl (C=O) groups excluding carboxylic acids is 1. The van der Waals surface area contributed by atoms with Crippen LogP contribution < -0.4 is 4.72 Å². The van der Waals surface area contributed by atoms with Gasteiger partial charge in [-0.2, -0.15) is 0 Å². The van der Waals surface area contributed by atoms with Gasteiger partial charge in [-0.15, -0.1) is 11.3 Å². The van der Waals surface area contributed by atoms with Crippen LogP contribution in [0.3, 0.4) is 0 Å². The molecule has 0 fully saturated rings. The van der Waals surface area contributed by atoms with Gasteiger partial charge in [-0.05, 0) is 54.3 Å². The molecule has 0 aliphatic heterocycles. The normalized spacial score (nSPS) is 12.1. The van der Waals surface area contributed by atoms with Crippen molar-refractivity contribution in [1.82, 2.24) is 4.98 Å². The van der Waals surface area contributed by atoms with E-state index in [0.29, 0.717) is 16.0 Å². The molecule has 0 unspecified atom stereocenters. The van der Waals surface area contributed by atoms with Gasteiger partial charge >= 0.3 is 5.97 Å². The second kappa shape index (κ2) is 8.69. The maximum atomic E-state index is 13.2. The Kier molecular flexibility index (Phi) is 6.19. The van der Waals surface area contributed by atoms with E-state index in [9.17, 15) is 21.6 Å². The molecule has 0 saturated carbocycles. The summed E-state index contributed by atoms with van der Waals surface area (Å²) in [5, 5.41) is 1.17. The molecule has 0 saturated heterocycles. The van der Waals surface area contributed by atoms with Gasteiger partial charge in [0.15, 0.2) is 15.5 Å². The van der Waals surface area contributed by atoms with Crippen LogP contribution in [0.15, 0.2) is 56.2 Å². The molecular formula is C21H17ClN2O7S3. The average Bonchev–Trinajstić information content (AvgIpc) is 3.38. The molecule has 0 spiro atoms. The third-order valence-corrected chi connectivity index (χ3v) is 9.50. The van der Waals surface area contributed by atoms with E-state index in [4.69, 9.17) is 16.0 Å². The monoisotopic (exact) mass is 540 g/mol. The third-order valence-electron chi connectivity index (χ3n) is 4.87. The number of hydrogen-bond acceptors (Lipinski definition) is 9. The van der Waals surface area contributed by atoms with Crippen LogP contribution in [-0.4, -0.2) is 41.2 Å². The quantitative estimate of drug-likeness (QED) is 0.353. The molecule has 2 aromatic carbocycles. The predicted molar refractivity (Wildman–Crippen MR) is 129 cm³/mol. The van der Waals surface area contributed by atoms with Gasteiger partial charge in [0.05, 0.1) is 17.7 Å². The minimum Gasteiger partial charge on any atom is -0.464 e. The van der Waals surface area contributed by atoms with E-state index in [0.717, 1.165) is 28.6 Å². The Morgan fingerprint density at radius 1 is 1.15 bits per heavy atom. The number of thiophene rings is 1. The molecule has 2 aromatic heterocycles. The SMILES string of the molecule is COC(=O)c1coc(-c2ccc(NS(=O)(=O)c3sc4ccc(Cl)cc4c3C)c(S(C)(=O)=O)c2)n1. The number of oxazole rings is 1. The van der Waals surface area contributed by atoms with Gasteiger partial charge in [-0.3, -0.25) is 4.72 Å². The predicted octanol–water partition coefficient (Wildman–Crippen LogP) is 4.51. The molecule has 34 heavy (non-hydrogen) atoms. The highest BCUT2D eigenvalue weighted by Gasteiger charge is 2.26. The number of halogens is 1. The van der Waals surface area contributed by atoms with E-state index in [-0.39, 0.29) is 31.9 Å². The van der Waals surface area contributed by atoms with Gasteiger partial charge in [-0.1, -0.05) is 11.6 Å². The Morgan fingerprint density at radius 3 is 2.56 bits per heavy atom. The Morgan fingerprint density at radius 2 is 1.88 bits per heavy atom. The number of nitrogens with one attached hydrogen (secondary N) is 1. The number of aromatic nitrogens is 1. The van der Waals surface area contributed by atoms with E-state index < -0.39 is 25.8 Å². The van der Waals surface area contributed by atoms with Crippen LogP contribution in [0.1, 0.15) is 16.1 Å². The number of ether oxygens (including phenoxy) is 1. The highest BCUT2D eigenvalue weighted by Crippen LogP contribution is 2.37. The molecular weight excluding hydrogens is 524 g/mol. The number of benzene rings is 2. The zero-order valence-corrected chi connectivity index (χ0v) is 21.2. The molecule has 0 aliphatic rings. The number of esters is 1. The van der Waals surface area contributed by atoms with Crippen molar-refractivity contribution in [3.8, 4) is 11.5 Å². The number of sulfonamides is 1. The Hall–Kier alpha value is -2.93. The van der Waals surface area contributed by atoms with Crippen molar-refractivity contribution in [2.24, 2.45) is 0 Å². The van der Waals surface area contributed by atoms with Gasteiger partial charge in [0.1, 0.15) is 10.5 Å². The number of hydrogen-bond donors (Lipinski definition) is 1. The zero-order valence-electron chi connectivity index (χ0n) is 17.9. The maximum Gasteiger partial charge on any atom is 0.360 e. The van der Waals surface area contributed by atoms with Crippen LogP contribution in [0.4, 0.5) is 5.69 Å². The van der Waals surface area contributed by atoms with Gasteiger partial charge in [0.25, 0.3) is 10.0 Å². The van der Waals surface area contributed by atoms with Crippen molar-refractivity contribution in [1.29, 1.82) is 0 Å². The summed E-state index contributed by atoms with van der Waals surface area (Å²) in [4.78, 5) is 15.3. The fraction of sp³-hybridized carbons (Fsp3) is 0.143. The van der Waals surface area contributed by atoms with Gasteiger partial charge in [0, 0.05) is 21.5 Å². The fourth-order valence-corrected chi connectivity index (χ4v) is 7.19. The highest BCUT2D eigenvalue weighted by atomic mass is 35.5. The maximum absolute atomic E-state index is 13.2. The van der Waals surface area contributed by atoms with Gasteiger partial charge in [0.2, 0.25) is 5.89 Å². The summed E-state index contributed by atoms with van der Waals surface area (Å²) in [7, 11) is -6.82. The molecule has 4 aromatic rings. The topological polar surface area (TPSA) is 133 Å². The summed E-state index contributed by atoms with van der Waals surface area (Å²) in [6, 6.07) is 9.01. The van der Waals surface area contributed by atoms with Crippen LogP contribution in [0.25, 0.3) is 21.5 Å². The first-order valence-electron chi connectivity index (χ1n) is 9.50. The largest absolute Gasteiger partial charge is 0.464 e. The van der Waals surface area contributed by atoms with Crippen LogP contribution in [0, 0.1) is 6.92 Å². The number of aryl methyl sites for hydroxylation is 1. The first-order valence-corrected chi connectivity index (χ1v) is 14.1. The average molecular weight is 541 g/mol. The molecule has 4 rings (SSSR count). The number of fused-ring (bicyclic) bond motifs is 1. The lowest BCUT2D eigenvalue weighted by atomic mass is 10.2. The van der Waals surface area contributed by atoms with E-state index in [1.807, 2.05) is 0 Å². The molecule has 1 N–H and O–H groups in total. The molecule has 0 aliphatic carbocycles. The number of anilines is 1. The fourth-order valence-electron chi connectivity index (χ4n) is 3.27. The summed E-state index contributed by atoms with van der Waals surface area (Å²) in [5.74, 6) is -0.750. The summed E-state index contributed by atoms with van der Waals surface area (Å²) >= 11 is 7.09.